The Bertz CT molecular complexity index is 914. The maximum atomic E-state index is 12.8. The molecule has 0 spiro atoms. The number of H-pyrrole nitrogens is 1. The Hall–Kier alpha value is -2.59. The molecule has 4 nitrogen and oxygen atoms in total. The van der Waals surface area contributed by atoms with Crippen molar-refractivity contribution in [2.24, 2.45) is 5.92 Å². The molecule has 138 valence electrons. The molecule has 0 radical (unpaired) electrons. The van der Waals surface area contributed by atoms with E-state index in [1.807, 2.05) is 35.2 Å². The molecule has 1 aliphatic rings. The average Bonchev–Trinajstić information content (AvgIpc) is 3.19. The third kappa shape index (κ3) is 4.06. The van der Waals surface area contributed by atoms with Gasteiger partial charge in [0.1, 0.15) is 5.69 Å². The second kappa shape index (κ2) is 7.97. The predicted molar refractivity (Wildman–Crippen MR) is 108 cm³/mol. The van der Waals surface area contributed by atoms with Crippen LogP contribution in [-0.2, 0) is 6.42 Å². The van der Waals surface area contributed by atoms with Crippen molar-refractivity contribution in [3.05, 3.63) is 76.9 Å². The third-order valence-corrected chi connectivity index (χ3v) is 5.56. The molecule has 1 aromatic heterocycles. The smallest absolute Gasteiger partial charge is 0.271 e. The number of amides is 1. The van der Waals surface area contributed by atoms with Gasteiger partial charge in [-0.05, 0) is 42.9 Å². The van der Waals surface area contributed by atoms with Crippen molar-refractivity contribution in [2.45, 2.75) is 19.3 Å². The number of hydrogen-bond acceptors (Lipinski definition) is 2. The minimum atomic E-state index is 0.0129. The normalized spacial score (nSPS) is 15.1. The second-order valence-electron chi connectivity index (χ2n) is 7.07. The van der Waals surface area contributed by atoms with Crippen LogP contribution in [0.5, 0.6) is 0 Å². The maximum Gasteiger partial charge on any atom is 0.271 e. The second-order valence-corrected chi connectivity index (χ2v) is 7.48. The lowest BCUT2D eigenvalue weighted by molar-refractivity contribution is 0.0684. The number of piperidine rings is 1. The van der Waals surface area contributed by atoms with E-state index in [1.165, 1.54) is 5.56 Å². The van der Waals surface area contributed by atoms with Crippen LogP contribution in [0, 0.1) is 5.92 Å². The highest BCUT2D eigenvalue weighted by Crippen LogP contribution is 2.27. The number of halogens is 1. The van der Waals surface area contributed by atoms with Crippen molar-refractivity contribution < 1.29 is 4.79 Å². The molecule has 0 atom stereocenters. The van der Waals surface area contributed by atoms with Gasteiger partial charge in [-0.25, -0.2) is 0 Å². The van der Waals surface area contributed by atoms with E-state index in [0.717, 1.165) is 37.9 Å². The van der Waals surface area contributed by atoms with Crippen molar-refractivity contribution >= 4 is 17.5 Å². The quantitative estimate of drug-likeness (QED) is 0.706. The highest BCUT2D eigenvalue weighted by atomic mass is 35.5. The number of nitrogens with zero attached hydrogens (tertiary/aromatic N) is 2. The Kier molecular flexibility index (Phi) is 5.26. The van der Waals surface area contributed by atoms with Crippen LogP contribution < -0.4 is 0 Å². The summed E-state index contributed by atoms with van der Waals surface area (Å²) in [4.78, 5) is 14.7. The van der Waals surface area contributed by atoms with E-state index in [4.69, 9.17) is 11.6 Å². The summed E-state index contributed by atoms with van der Waals surface area (Å²) in [5.74, 6) is 0.649. The number of carbonyl (C=O) groups excluding carboxylic acids is 1. The fraction of sp³-hybridized carbons (Fsp3) is 0.273. The van der Waals surface area contributed by atoms with Crippen LogP contribution in [-0.4, -0.2) is 34.1 Å². The van der Waals surface area contributed by atoms with Gasteiger partial charge in [0, 0.05) is 18.7 Å². The first-order valence-corrected chi connectivity index (χ1v) is 9.72. The van der Waals surface area contributed by atoms with Gasteiger partial charge in [-0.2, -0.15) is 5.10 Å². The fourth-order valence-electron chi connectivity index (χ4n) is 3.70. The molecule has 1 fully saturated rings. The van der Waals surface area contributed by atoms with E-state index in [0.29, 0.717) is 22.3 Å². The molecule has 5 heteroatoms. The van der Waals surface area contributed by atoms with Crippen LogP contribution in [0.25, 0.3) is 11.3 Å². The van der Waals surface area contributed by atoms with Crippen LogP contribution >= 0.6 is 11.6 Å². The molecule has 4 rings (SSSR count). The van der Waals surface area contributed by atoms with E-state index in [-0.39, 0.29) is 5.91 Å². The van der Waals surface area contributed by atoms with E-state index in [2.05, 4.69) is 34.5 Å². The van der Waals surface area contributed by atoms with Gasteiger partial charge in [0.25, 0.3) is 5.91 Å². The Labute approximate surface area is 164 Å². The number of hydrogen-bond donors (Lipinski definition) is 1. The molecular weight excluding hydrogens is 358 g/mol. The van der Waals surface area contributed by atoms with Crippen LogP contribution in [0.2, 0.25) is 5.02 Å². The molecule has 1 amide bonds. The number of aromatic amines is 1. The zero-order chi connectivity index (χ0) is 18.6. The molecule has 0 saturated carbocycles. The Morgan fingerprint density at radius 2 is 1.78 bits per heavy atom. The molecule has 27 heavy (non-hydrogen) atoms. The molecule has 0 unspecified atom stereocenters. The largest absolute Gasteiger partial charge is 0.337 e. The monoisotopic (exact) mass is 379 g/mol. The number of nitrogens with one attached hydrogen (secondary N) is 1. The first kappa shape index (κ1) is 17.8. The summed E-state index contributed by atoms with van der Waals surface area (Å²) in [7, 11) is 0. The fourth-order valence-corrected chi connectivity index (χ4v) is 3.93. The molecule has 2 heterocycles. The standard InChI is InChI=1S/C22H22ClN3O/c23-19-9-5-4-8-18(19)20-15-21(25-24-20)22(27)26-12-10-17(11-13-26)14-16-6-2-1-3-7-16/h1-9,15,17H,10-14H2,(H,24,25). The van der Waals surface area contributed by atoms with Gasteiger partial charge in [0.15, 0.2) is 0 Å². The van der Waals surface area contributed by atoms with Gasteiger partial charge < -0.3 is 4.90 Å². The Morgan fingerprint density at radius 1 is 1.07 bits per heavy atom. The number of likely N-dealkylation sites (tertiary alicyclic amines) is 1. The minimum absolute atomic E-state index is 0.0129. The number of rotatable bonds is 4. The van der Waals surface area contributed by atoms with Crippen molar-refractivity contribution in [1.29, 1.82) is 0 Å². The Morgan fingerprint density at radius 3 is 2.52 bits per heavy atom. The SMILES string of the molecule is O=C(c1cc(-c2ccccc2Cl)n[nH]1)N1CCC(Cc2ccccc2)CC1. The van der Waals surface area contributed by atoms with Crippen molar-refractivity contribution in [3.8, 4) is 11.3 Å². The molecule has 3 aromatic rings. The molecule has 1 aliphatic heterocycles. The lowest BCUT2D eigenvalue weighted by Crippen LogP contribution is -2.39. The van der Waals surface area contributed by atoms with Crippen LogP contribution in [0.4, 0.5) is 0 Å². The molecule has 0 bridgehead atoms. The molecule has 1 N–H and O–H groups in total. The van der Waals surface area contributed by atoms with Gasteiger partial charge in [-0.3, -0.25) is 9.89 Å². The highest BCUT2D eigenvalue weighted by Gasteiger charge is 2.25. The van der Waals surface area contributed by atoms with Gasteiger partial charge in [0.05, 0.1) is 10.7 Å². The maximum absolute atomic E-state index is 12.8. The van der Waals surface area contributed by atoms with Crippen molar-refractivity contribution in [1.82, 2.24) is 15.1 Å². The summed E-state index contributed by atoms with van der Waals surface area (Å²) >= 11 is 6.23. The molecule has 2 aromatic carbocycles. The van der Waals surface area contributed by atoms with Gasteiger partial charge >= 0.3 is 0 Å². The third-order valence-electron chi connectivity index (χ3n) is 5.23. The summed E-state index contributed by atoms with van der Waals surface area (Å²) < 4.78 is 0. The van der Waals surface area contributed by atoms with Crippen LogP contribution in [0.3, 0.4) is 0 Å². The first-order chi connectivity index (χ1) is 13.2. The summed E-state index contributed by atoms with van der Waals surface area (Å²) in [5, 5.41) is 7.79. The lowest BCUT2D eigenvalue weighted by Gasteiger charge is -2.31. The minimum Gasteiger partial charge on any atom is -0.337 e. The van der Waals surface area contributed by atoms with E-state index in [1.54, 1.807) is 6.07 Å². The summed E-state index contributed by atoms with van der Waals surface area (Å²) in [6.45, 7) is 1.58. The average molecular weight is 380 g/mol. The highest BCUT2D eigenvalue weighted by molar-refractivity contribution is 6.33. The van der Waals surface area contributed by atoms with Gasteiger partial charge in [0.2, 0.25) is 0 Å². The zero-order valence-electron chi connectivity index (χ0n) is 15.1. The lowest BCUT2D eigenvalue weighted by atomic mass is 9.90. The Balaban J connectivity index is 1.38. The zero-order valence-corrected chi connectivity index (χ0v) is 15.8. The van der Waals surface area contributed by atoms with Gasteiger partial charge in [-0.15, -0.1) is 0 Å². The molecule has 0 aliphatic carbocycles. The summed E-state index contributed by atoms with van der Waals surface area (Å²) in [5.41, 5.74) is 3.42. The van der Waals surface area contributed by atoms with Crippen molar-refractivity contribution in [3.63, 3.8) is 0 Å². The van der Waals surface area contributed by atoms with Gasteiger partial charge in [-0.1, -0.05) is 60.1 Å². The number of aromatic nitrogens is 2. The topological polar surface area (TPSA) is 49.0 Å². The van der Waals surface area contributed by atoms with Crippen LogP contribution in [0.15, 0.2) is 60.7 Å². The van der Waals surface area contributed by atoms with Crippen molar-refractivity contribution in [2.75, 3.05) is 13.1 Å². The van der Waals surface area contributed by atoms with E-state index in [9.17, 15) is 4.79 Å². The molecular formula is C22H22ClN3O. The van der Waals surface area contributed by atoms with E-state index >= 15 is 0 Å². The number of benzene rings is 2. The molecule has 1 saturated heterocycles. The van der Waals surface area contributed by atoms with Crippen LogP contribution in [0.1, 0.15) is 28.9 Å². The van der Waals surface area contributed by atoms with E-state index < -0.39 is 0 Å². The summed E-state index contributed by atoms with van der Waals surface area (Å²) in [6, 6.07) is 19.9. The summed E-state index contributed by atoms with van der Waals surface area (Å²) in [6.07, 6.45) is 3.15. The number of carbonyl (C=O) groups is 1. The predicted octanol–water partition coefficient (Wildman–Crippen LogP) is 4.83. The first-order valence-electron chi connectivity index (χ1n) is 9.34.